The van der Waals surface area contributed by atoms with Gasteiger partial charge in [0.15, 0.2) is 6.79 Å². The predicted molar refractivity (Wildman–Crippen MR) is 96.5 cm³/mol. The average Bonchev–Trinajstić information content (AvgIpc) is 2.72. The van der Waals surface area contributed by atoms with E-state index in [1.165, 1.54) is 0 Å². The topological polar surface area (TPSA) is 68.1 Å². The Hall–Kier alpha value is -2.80. The Morgan fingerprint density at radius 3 is 2.12 bits per heavy atom. The summed E-state index contributed by atoms with van der Waals surface area (Å²) in [6, 6.07) is 5.54. The van der Waals surface area contributed by atoms with E-state index in [4.69, 9.17) is 15.0 Å². The first-order chi connectivity index (χ1) is 13.8. The number of nitro groups is 1. The van der Waals surface area contributed by atoms with E-state index < -0.39 is 22.7 Å². The van der Waals surface area contributed by atoms with E-state index in [1.807, 2.05) is 24.3 Å². The quantitative estimate of drug-likeness (QED) is 0.455. The number of ether oxygens (including phenoxy) is 2. The second-order valence-electron chi connectivity index (χ2n) is 5.47. The number of benzene rings is 2. The molecule has 0 atom stereocenters. The number of methoxy groups -OCH3 is 1. The van der Waals surface area contributed by atoms with Crippen LogP contribution in [0.3, 0.4) is 0 Å². The molecule has 132 valence electrons. The van der Waals surface area contributed by atoms with Crippen LogP contribution >= 0.6 is 0 Å². The zero-order chi connectivity index (χ0) is 21.1. The normalized spacial score (nSPS) is 16.7. The molecule has 1 heterocycles. The molecule has 0 aliphatic carbocycles. The van der Waals surface area contributed by atoms with Crippen LogP contribution in [0.25, 0.3) is 0 Å². The molecule has 25 heavy (non-hydrogen) atoms. The van der Waals surface area contributed by atoms with E-state index in [-0.39, 0.29) is 24.6 Å². The number of nitro benzene ring substituents is 1. The van der Waals surface area contributed by atoms with E-state index in [0.717, 1.165) is 5.69 Å². The van der Waals surface area contributed by atoms with E-state index in [1.54, 1.807) is 12.0 Å². The van der Waals surface area contributed by atoms with Crippen LogP contribution in [-0.4, -0.2) is 45.0 Å². The summed E-state index contributed by atoms with van der Waals surface area (Å²) in [5.41, 5.74) is 0.310. The summed E-state index contributed by atoms with van der Waals surface area (Å²) < 4.78 is 42.2. The fraction of sp³-hybridized carbons (Fsp3) is 0.333. The zero-order valence-electron chi connectivity index (χ0n) is 17.8. The third-order valence-electron chi connectivity index (χ3n) is 3.92. The van der Waals surface area contributed by atoms with Crippen molar-refractivity contribution in [2.24, 2.45) is 0 Å². The van der Waals surface area contributed by atoms with Gasteiger partial charge in [0, 0.05) is 56.7 Å². The molecule has 0 unspecified atom stereocenters. The van der Waals surface area contributed by atoms with Crippen LogP contribution in [0.15, 0.2) is 48.4 Å². The lowest BCUT2D eigenvalue weighted by Crippen LogP contribution is -2.46. The van der Waals surface area contributed by atoms with Crippen molar-refractivity contribution in [3.05, 3.63) is 58.5 Å². The predicted octanol–water partition coefficient (Wildman–Crippen LogP) is 2.90. The summed E-state index contributed by atoms with van der Waals surface area (Å²) in [5.74, 6) is 0.698. The molecule has 1 fully saturated rings. The molecule has 0 amide bonds. The molecule has 1 saturated heterocycles. The van der Waals surface area contributed by atoms with Crippen molar-refractivity contribution in [3.63, 3.8) is 0 Å². The highest BCUT2D eigenvalue weighted by atomic mass is 16.7. The minimum absolute atomic E-state index is 0.105. The van der Waals surface area contributed by atoms with Crippen LogP contribution in [-0.2, 0) is 4.74 Å². The Labute approximate surface area is 152 Å². The van der Waals surface area contributed by atoms with Gasteiger partial charge in [-0.25, -0.2) is 0 Å². The van der Waals surface area contributed by atoms with Gasteiger partial charge in [0.05, 0.1) is 10.4 Å². The number of hydrogen-bond acceptors (Lipinski definition) is 6. The highest BCUT2D eigenvalue weighted by Gasteiger charge is 2.18. The third kappa shape index (κ3) is 4.19. The first kappa shape index (κ1) is 12.5. The maximum absolute atomic E-state index is 11.1. The Morgan fingerprint density at radius 1 is 1.04 bits per heavy atom. The van der Waals surface area contributed by atoms with E-state index in [0.29, 0.717) is 31.9 Å². The molecule has 0 bridgehead atoms. The van der Waals surface area contributed by atoms with Crippen LogP contribution in [0.2, 0.25) is 0 Å². The average molecular weight is 347 g/mol. The molecular formula is C18H21N3O4. The second-order valence-corrected chi connectivity index (χ2v) is 5.47. The van der Waals surface area contributed by atoms with Gasteiger partial charge in [-0.05, 0) is 36.4 Å². The number of hydrogen-bond donors (Lipinski definition) is 0. The summed E-state index contributed by atoms with van der Waals surface area (Å²) in [7, 11) is 1.55. The van der Waals surface area contributed by atoms with Crippen molar-refractivity contribution in [1.82, 2.24) is 0 Å². The zero-order valence-corrected chi connectivity index (χ0v) is 13.8. The van der Waals surface area contributed by atoms with Gasteiger partial charge in [0.2, 0.25) is 0 Å². The Bertz CT molecular complexity index is 874. The molecular weight excluding hydrogens is 322 g/mol. The summed E-state index contributed by atoms with van der Waals surface area (Å²) in [6.45, 7) is 2.32. The molecule has 1 aliphatic rings. The fourth-order valence-corrected chi connectivity index (χ4v) is 2.62. The lowest BCUT2D eigenvalue weighted by atomic mass is 10.2. The monoisotopic (exact) mass is 347 g/mol. The van der Waals surface area contributed by atoms with E-state index in [2.05, 4.69) is 4.90 Å². The van der Waals surface area contributed by atoms with E-state index >= 15 is 0 Å². The van der Waals surface area contributed by atoms with Crippen LogP contribution < -0.4 is 14.5 Å². The molecule has 0 N–H and O–H groups in total. The highest BCUT2D eigenvalue weighted by molar-refractivity contribution is 5.54. The van der Waals surface area contributed by atoms with Gasteiger partial charge < -0.3 is 19.3 Å². The fourth-order valence-electron chi connectivity index (χ4n) is 2.62. The van der Waals surface area contributed by atoms with Crippen molar-refractivity contribution < 1.29 is 19.9 Å². The van der Waals surface area contributed by atoms with Gasteiger partial charge in [-0.15, -0.1) is 0 Å². The van der Waals surface area contributed by atoms with E-state index in [9.17, 15) is 10.1 Å². The maximum atomic E-state index is 11.1. The van der Waals surface area contributed by atoms with Crippen LogP contribution in [0.1, 0.15) is 5.48 Å². The standard InChI is InChI=1S/C18H21N3O4/c1-24-14-25-18-8-6-16(7-9-18)20-12-10-19(11-13-20)15-2-4-17(5-3-15)21(22)23/h2-9H,10-14H2,1H3/i2D,3D,4D,5D. The van der Waals surface area contributed by atoms with Crippen molar-refractivity contribution in [1.29, 1.82) is 0 Å². The molecule has 0 aromatic heterocycles. The molecule has 3 rings (SSSR count). The first-order valence-corrected chi connectivity index (χ1v) is 7.81. The molecule has 2 aromatic rings. The molecule has 0 spiro atoms. The number of anilines is 2. The summed E-state index contributed by atoms with van der Waals surface area (Å²) in [5, 5.41) is 11.1. The number of piperazine rings is 1. The largest absolute Gasteiger partial charge is 0.468 e. The van der Waals surface area contributed by atoms with Crippen molar-refractivity contribution in [2.45, 2.75) is 0 Å². The van der Waals surface area contributed by atoms with Crippen molar-refractivity contribution >= 4 is 17.1 Å². The summed E-state index contributed by atoms with van der Waals surface area (Å²) >= 11 is 0. The first-order valence-electron chi connectivity index (χ1n) is 9.81. The lowest BCUT2D eigenvalue weighted by Gasteiger charge is -2.37. The van der Waals surface area contributed by atoms with Crippen molar-refractivity contribution in [2.75, 3.05) is 49.9 Å². The van der Waals surface area contributed by atoms with Gasteiger partial charge in [0.1, 0.15) is 5.75 Å². The van der Waals surface area contributed by atoms with Crippen molar-refractivity contribution in [3.8, 4) is 5.75 Å². The molecule has 7 heteroatoms. The minimum atomic E-state index is -0.873. The van der Waals surface area contributed by atoms with Crippen LogP contribution in [0.4, 0.5) is 17.1 Å². The molecule has 2 aromatic carbocycles. The smallest absolute Gasteiger partial charge is 0.269 e. The Morgan fingerprint density at radius 2 is 1.60 bits per heavy atom. The minimum Gasteiger partial charge on any atom is -0.468 e. The molecule has 0 radical (unpaired) electrons. The molecule has 7 nitrogen and oxygen atoms in total. The highest BCUT2D eigenvalue weighted by Crippen LogP contribution is 2.24. The third-order valence-corrected chi connectivity index (χ3v) is 3.92. The SMILES string of the molecule is [2H]c1c([2H])c([N+](=O)[O-])c([2H])c([2H])c1N1CCN(c2ccc(OCOC)cc2)CC1. The van der Waals surface area contributed by atoms with Gasteiger partial charge in [-0.1, -0.05) is 0 Å². The van der Waals surface area contributed by atoms with Crippen LogP contribution in [0, 0.1) is 10.1 Å². The van der Waals surface area contributed by atoms with Gasteiger partial charge >= 0.3 is 0 Å². The number of nitrogens with zero attached hydrogens (tertiary/aromatic N) is 3. The lowest BCUT2D eigenvalue weighted by molar-refractivity contribution is -0.384. The molecule has 1 aliphatic heterocycles. The maximum Gasteiger partial charge on any atom is 0.269 e. The Balaban J connectivity index is 1.75. The molecule has 0 saturated carbocycles. The Kier molecular flexibility index (Phi) is 3.94. The second kappa shape index (κ2) is 7.85. The van der Waals surface area contributed by atoms with Gasteiger partial charge in [-0.2, -0.15) is 0 Å². The summed E-state index contributed by atoms with van der Waals surface area (Å²) in [6.07, 6.45) is 0. The summed E-state index contributed by atoms with van der Waals surface area (Å²) in [4.78, 5) is 14.1. The number of rotatable bonds is 6. The van der Waals surface area contributed by atoms with Gasteiger partial charge in [0.25, 0.3) is 5.69 Å². The van der Waals surface area contributed by atoms with Gasteiger partial charge in [-0.3, -0.25) is 10.1 Å². The van der Waals surface area contributed by atoms with Crippen LogP contribution in [0.5, 0.6) is 5.75 Å².